The lowest BCUT2D eigenvalue weighted by atomic mass is 9.74. The van der Waals surface area contributed by atoms with E-state index in [0.29, 0.717) is 13.2 Å². The van der Waals surface area contributed by atoms with Crippen molar-refractivity contribution in [3.8, 4) is 17.6 Å². The fourth-order valence-corrected chi connectivity index (χ4v) is 2.81. The van der Waals surface area contributed by atoms with Crippen molar-refractivity contribution in [3.05, 3.63) is 23.8 Å². The molecule has 3 rings (SSSR count). The van der Waals surface area contributed by atoms with Crippen LogP contribution in [0.3, 0.4) is 0 Å². The molecule has 0 N–H and O–H groups in total. The predicted molar refractivity (Wildman–Crippen MR) is 71.5 cm³/mol. The van der Waals surface area contributed by atoms with Gasteiger partial charge in [-0.1, -0.05) is 6.07 Å². The third kappa shape index (κ3) is 2.15. The summed E-state index contributed by atoms with van der Waals surface area (Å²) in [5.41, 5.74) is 0.690. The Bertz CT molecular complexity index is 513. The zero-order valence-electron chi connectivity index (χ0n) is 11.2. The third-order valence-electron chi connectivity index (χ3n) is 4.15. The van der Waals surface area contributed by atoms with E-state index in [1.807, 2.05) is 18.2 Å². The van der Waals surface area contributed by atoms with Crippen molar-refractivity contribution in [1.82, 2.24) is 4.90 Å². The van der Waals surface area contributed by atoms with Crippen LogP contribution in [0.5, 0.6) is 11.5 Å². The Morgan fingerprint density at radius 3 is 2.53 bits per heavy atom. The summed E-state index contributed by atoms with van der Waals surface area (Å²) in [7, 11) is 2.10. The van der Waals surface area contributed by atoms with E-state index in [0.717, 1.165) is 43.0 Å². The normalized spacial score (nSPS) is 21.7. The largest absolute Gasteiger partial charge is 0.486 e. The quantitative estimate of drug-likeness (QED) is 0.772. The molecule has 0 amide bonds. The summed E-state index contributed by atoms with van der Waals surface area (Å²) in [5.74, 6) is 1.56. The van der Waals surface area contributed by atoms with Crippen molar-refractivity contribution < 1.29 is 9.47 Å². The second-order valence-corrected chi connectivity index (χ2v) is 5.36. The van der Waals surface area contributed by atoms with Crippen LogP contribution in [0.1, 0.15) is 18.4 Å². The molecule has 4 heteroatoms. The molecule has 0 saturated carbocycles. The molecular weight excluding hydrogens is 240 g/mol. The minimum Gasteiger partial charge on any atom is -0.486 e. The van der Waals surface area contributed by atoms with Crippen molar-refractivity contribution >= 4 is 0 Å². The summed E-state index contributed by atoms with van der Waals surface area (Å²) in [4.78, 5) is 2.27. The average molecular weight is 258 g/mol. The molecule has 2 heterocycles. The number of piperidine rings is 1. The van der Waals surface area contributed by atoms with Crippen molar-refractivity contribution in [2.45, 2.75) is 18.3 Å². The molecule has 2 aliphatic heterocycles. The van der Waals surface area contributed by atoms with Crippen molar-refractivity contribution in [3.63, 3.8) is 0 Å². The van der Waals surface area contributed by atoms with Gasteiger partial charge in [-0.3, -0.25) is 0 Å². The van der Waals surface area contributed by atoms with E-state index < -0.39 is 0 Å². The van der Waals surface area contributed by atoms with E-state index in [9.17, 15) is 5.26 Å². The highest BCUT2D eigenvalue weighted by Crippen LogP contribution is 2.39. The Labute approximate surface area is 113 Å². The summed E-state index contributed by atoms with van der Waals surface area (Å²) in [6.07, 6.45) is 1.75. The Morgan fingerprint density at radius 2 is 1.84 bits per heavy atom. The first-order valence-electron chi connectivity index (χ1n) is 6.73. The van der Waals surface area contributed by atoms with E-state index in [1.165, 1.54) is 0 Å². The molecule has 1 saturated heterocycles. The number of hydrogen-bond donors (Lipinski definition) is 0. The number of nitriles is 1. The number of nitrogens with zero attached hydrogens (tertiary/aromatic N) is 2. The van der Waals surface area contributed by atoms with E-state index in [1.54, 1.807) is 0 Å². The lowest BCUT2D eigenvalue weighted by Crippen LogP contribution is -2.40. The Balaban J connectivity index is 1.94. The van der Waals surface area contributed by atoms with Crippen LogP contribution < -0.4 is 9.47 Å². The second-order valence-electron chi connectivity index (χ2n) is 5.36. The molecule has 0 radical (unpaired) electrons. The highest BCUT2D eigenvalue weighted by Gasteiger charge is 2.36. The zero-order valence-corrected chi connectivity index (χ0v) is 11.2. The highest BCUT2D eigenvalue weighted by molar-refractivity contribution is 5.48. The fraction of sp³-hybridized carbons (Fsp3) is 0.533. The molecule has 1 aromatic carbocycles. The van der Waals surface area contributed by atoms with Crippen LogP contribution in [-0.2, 0) is 5.41 Å². The first-order valence-corrected chi connectivity index (χ1v) is 6.73. The number of hydrogen-bond acceptors (Lipinski definition) is 4. The van der Waals surface area contributed by atoms with Gasteiger partial charge >= 0.3 is 0 Å². The maximum atomic E-state index is 9.64. The Hall–Kier alpha value is -1.73. The highest BCUT2D eigenvalue weighted by atomic mass is 16.6. The van der Waals surface area contributed by atoms with Crippen LogP contribution in [0.15, 0.2) is 18.2 Å². The van der Waals surface area contributed by atoms with Gasteiger partial charge in [-0.25, -0.2) is 0 Å². The van der Waals surface area contributed by atoms with Gasteiger partial charge in [0, 0.05) is 0 Å². The molecule has 0 aliphatic carbocycles. The minimum absolute atomic E-state index is 0.373. The SMILES string of the molecule is CN1CCC(C#N)(c2ccc3c(c2)OCCO3)CC1. The molecule has 0 bridgehead atoms. The number of ether oxygens (including phenoxy) is 2. The number of benzene rings is 1. The predicted octanol–water partition coefficient (Wildman–Crippen LogP) is 1.94. The van der Waals surface area contributed by atoms with Gasteiger partial charge in [0.1, 0.15) is 13.2 Å². The average Bonchev–Trinajstić information content (AvgIpc) is 2.48. The molecule has 0 spiro atoms. The molecule has 1 fully saturated rings. The minimum atomic E-state index is -0.373. The Morgan fingerprint density at radius 1 is 1.16 bits per heavy atom. The van der Waals surface area contributed by atoms with Crippen molar-refractivity contribution in [2.75, 3.05) is 33.4 Å². The van der Waals surface area contributed by atoms with Crippen LogP contribution in [0, 0.1) is 11.3 Å². The lowest BCUT2D eigenvalue weighted by Gasteiger charge is -2.36. The molecule has 19 heavy (non-hydrogen) atoms. The molecule has 0 aromatic heterocycles. The second kappa shape index (κ2) is 4.75. The molecule has 2 aliphatic rings. The first kappa shape index (κ1) is 12.3. The maximum absolute atomic E-state index is 9.64. The number of fused-ring (bicyclic) bond motifs is 1. The monoisotopic (exact) mass is 258 g/mol. The van der Waals surface area contributed by atoms with E-state index in [-0.39, 0.29) is 5.41 Å². The summed E-state index contributed by atoms with van der Waals surface area (Å²) in [5, 5.41) is 9.64. The van der Waals surface area contributed by atoms with Crippen molar-refractivity contribution in [2.24, 2.45) is 0 Å². The molecule has 0 unspecified atom stereocenters. The molecular formula is C15H18N2O2. The van der Waals surface area contributed by atoms with Crippen LogP contribution in [0.2, 0.25) is 0 Å². The van der Waals surface area contributed by atoms with Gasteiger partial charge in [-0.15, -0.1) is 0 Å². The summed E-state index contributed by atoms with van der Waals surface area (Å²) in [6, 6.07) is 8.47. The van der Waals surface area contributed by atoms with E-state index in [2.05, 4.69) is 18.0 Å². The first-order chi connectivity index (χ1) is 9.23. The number of likely N-dealkylation sites (tertiary alicyclic amines) is 1. The fourth-order valence-electron chi connectivity index (χ4n) is 2.81. The standard InChI is InChI=1S/C15H18N2O2/c1-17-6-4-15(11-16,5-7-17)12-2-3-13-14(10-12)19-9-8-18-13/h2-3,10H,4-9H2,1H3. The summed E-state index contributed by atoms with van der Waals surface area (Å²) < 4.78 is 11.2. The van der Waals surface area contributed by atoms with Gasteiger partial charge in [0.2, 0.25) is 0 Å². The zero-order chi connectivity index (χ0) is 13.3. The summed E-state index contributed by atoms with van der Waals surface area (Å²) >= 11 is 0. The van der Waals surface area contributed by atoms with Crippen LogP contribution in [0.25, 0.3) is 0 Å². The third-order valence-corrected chi connectivity index (χ3v) is 4.15. The van der Waals surface area contributed by atoms with Gasteiger partial charge in [0.05, 0.1) is 11.5 Å². The molecule has 100 valence electrons. The van der Waals surface area contributed by atoms with Gasteiger partial charge in [-0.05, 0) is 50.7 Å². The van der Waals surface area contributed by atoms with Gasteiger partial charge in [0.15, 0.2) is 11.5 Å². The van der Waals surface area contributed by atoms with E-state index in [4.69, 9.17) is 9.47 Å². The lowest BCUT2D eigenvalue weighted by molar-refractivity contribution is 0.170. The molecule has 0 atom stereocenters. The van der Waals surface area contributed by atoms with Gasteiger partial charge in [-0.2, -0.15) is 5.26 Å². The van der Waals surface area contributed by atoms with Crippen LogP contribution in [0.4, 0.5) is 0 Å². The molecule has 4 nitrogen and oxygen atoms in total. The van der Waals surface area contributed by atoms with Gasteiger partial charge in [0.25, 0.3) is 0 Å². The topological polar surface area (TPSA) is 45.5 Å². The smallest absolute Gasteiger partial charge is 0.161 e. The molecule has 1 aromatic rings. The Kier molecular flexibility index (Phi) is 3.08. The van der Waals surface area contributed by atoms with Crippen LogP contribution in [-0.4, -0.2) is 38.3 Å². The summed E-state index contributed by atoms with van der Waals surface area (Å²) in [6.45, 7) is 3.10. The van der Waals surface area contributed by atoms with Crippen LogP contribution >= 0.6 is 0 Å². The van der Waals surface area contributed by atoms with Crippen molar-refractivity contribution in [1.29, 1.82) is 5.26 Å². The van der Waals surface area contributed by atoms with E-state index >= 15 is 0 Å². The maximum Gasteiger partial charge on any atom is 0.161 e. The van der Waals surface area contributed by atoms with Gasteiger partial charge < -0.3 is 14.4 Å². The number of rotatable bonds is 1.